The Morgan fingerprint density at radius 3 is 2.50 bits per heavy atom. The summed E-state index contributed by atoms with van der Waals surface area (Å²) in [6.45, 7) is 0.498. The Morgan fingerprint density at radius 1 is 1.31 bits per heavy atom. The second kappa shape index (κ2) is 4.43. The van der Waals surface area contributed by atoms with Gasteiger partial charge < -0.3 is 10.5 Å². The fraction of sp³-hybridized carbons (Fsp3) is 0.455. The fourth-order valence-corrected chi connectivity index (χ4v) is 3.34. The van der Waals surface area contributed by atoms with E-state index in [1.165, 1.54) is 0 Å². The highest BCUT2D eigenvalue weighted by Gasteiger charge is 2.29. The van der Waals surface area contributed by atoms with Crippen molar-refractivity contribution in [2.75, 3.05) is 11.5 Å². The molecule has 5 heteroatoms. The topological polar surface area (TPSA) is 69.4 Å². The van der Waals surface area contributed by atoms with Crippen LogP contribution in [0.1, 0.15) is 12.0 Å². The summed E-state index contributed by atoms with van der Waals surface area (Å²) in [5, 5.41) is 0. The lowest BCUT2D eigenvalue weighted by Crippen LogP contribution is -2.17. The molecule has 2 rings (SSSR count). The van der Waals surface area contributed by atoms with Gasteiger partial charge in [0.2, 0.25) is 0 Å². The smallest absolute Gasteiger partial charge is 0.154 e. The molecule has 0 saturated carbocycles. The molecule has 1 unspecified atom stereocenters. The molecule has 0 spiro atoms. The second-order valence-electron chi connectivity index (χ2n) is 3.99. The van der Waals surface area contributed by atoms with Crippen LogP contribution in [0.25, 0.3) is 0 Å². The number of hydrogen-bond donors (Lipinski definition) is 1. The van der Waals surface area contributed by atoms with Crippen LogP contribution >= 0.6 is 0 Å². The number of sulfone groups is 1. The van der Waals surface area contributed by atoms with Gasteiger partial charge in [-0.1, -0.05) is 12.1 Å². The molecular weight excluding hydrogens is 226 g/mol. The van der Waals surface area contributed by atoms with Crippen LogP contribution in [0.3, 0.4) is 0 Å². The zero-order valence-electron chi connectivity index (χ0n) is 8.93. The van der Waals surface area contributed by atoms with Crippen molar-refractivity contribution in [2.24, 2.45) is 5.73 Å². The van der Waals surface area contributed by atoms with E-state index in [1.54, 1.807) is 0 Å². The van der Waals surface area contributed by atoms with Gasteiger partial charge in [-0.05, 0) is 24.1 Å². The third-order valence-electron chi connectivity index (χ3n) is 2.65. The van der Waals surface area contributed by atoms with Crippen LogP contribution in [-0.2, 0) is 16.4 Å². The first kappa shape index (κ1) is 11.4. The molecule has 1 fully saturated rings. The van der Waals surface area contributed by atoms with Crippen LogP contribution in [0, 0.1) is 0 Å². The van der Waals surface area contributed by atoms with Crippen molar-refractivity contribution in [1.29, 1.82) is 0 Å². The lowest BCUT2D eigenvalue weighted by molar-refractivity contribution is 0.229. The van der Waals surface area contributed by atoms with Crippen molar-refractivity contribution in [2.45, 2.75) is 19.1 Å². The van der Waals surface area contributed by atoms with Crippen molar-refractivity contribution >= 4 is 9.84 Å². The van der Waals surface area contributed by atoms with Gasteiger partial charge in [0.05, 0.1) is 11.5 Å². The van der Waals surface area contributed by atoms with Crippen molar-refractivity contribution in [1.82, 2.24) is 0 Å². The predicted molar refractivity (Wildman–Crippen MR) is 62.0 cm³/mol. The highest BCUT2D eigenvalue weighted by atomic mass is 32.2. The Kier molecular flexibility index (Phi) is 3.16. The van der Waals surface area contributed by atoms with Gasteiger partial charge in [-0.15, -0.1) is 0 Å². The number of rotatable bonds is 3. The standard InChI is InChI=1S/C11H15NO3S/c12-7-9-1-3-10(4-2-9)15-11-5-6-16(13,14)8-11/h1-4,11H,5-8,12H2. The molecule has 1 aromatic rings. The monoisotopic (exact) mass is 241 g/mol. The summed E-state index contributed by atoms with van der Waals surface area (Å²) in [6.07, 6.45) is 0.384. The van der Waals surface area contributed by atoms with Gasteiger partial charge in [-0.2, -0.15) is 0 Å². The molecule has 1 aliphatic heterocycles. The van der Waals surface area contributed by atoms with Gasteiger partial charge in [0.15, 0.2) is 9.84 Å². The highest BCUT2D eigenvalue weighted by Crippen LogP contribution is 2.20. The maximum atomic E-state index is 11.2. The maximum absolute atomic E-state index is 11.2. The van der Waals surface area contributed by atoms with E-state index >= 15 is 0 Å². The number of nitrogens with two attached hydrogens (primary N) is 1. The zero-order chi connectivity index (χ0) is 11.6. The van der Waals surface area contributed by atoms with Crippen molar-refractivity contribution in [3.05, 3.63) is 29.8 Å². The third-order valence-corrected chi connectivity index (χ3v) is 4.39. The van der Waals surface area contributed by atoms with E-state index in [1.807, 2.05) is 24.3 Å². The summed E-state index contributed by atoms with van der Waals surface area (Å²) in [6, 6.07) is 7.43. The van der Waals surface area contributed by atoms with E-state index in [-0.39, 0.29) is 17.6 Å². The molecule has 0 amide bonds. The summed E-state index contributed by atoms with van der Waals surface area (Å²) < 4.78 is 28.1. The van der Waals surface area contributed by atoms with Gasteiger partial charge in [-0.25, -0.2) is 8.42 Å². The lowest BCUT2D eigenvalue weighted by Gasteiger charge is -2.11. The first-order chi connectivity index (χ1) is 7.59. The lowest BCUT2D eigenvalue weighted by atomic mass is 10.2. The third kappa shape index (κ3) is 2.74. The molecule has 88 valence electrons. The minimum atomic E-state index is -2.87. The Bertz CT molecular complexity index is 453. The van der Waals surface area contributed by atoms with Crippen LogP contribution in [0.15, 0.2) is 24.3 Å². The Hall–Kier alpha value is -1.07. The predicted octanol–water partition coefficient (Wildman–Crippen LogP) is 0.711. The summed E-state index contributed by atoms with van der Waals surface area (Å²) in [5.74, 6) is 1.07. The molecule has 1 saturated heterocycles. The molecule has 1 atom stereocenters. The Labute approximate surface area is 95.3 Å². The zero-order valence-corrected chi connectivity index (χ0v) is 9.74. The molecule has 16 heavy (non-hydrogen) atoms. The molecular formula is C11H15NO3S. The number of hydrogen-bond acceptors (Lipinski definition) is 4. The number of ether oxygens (including phenoxy) is 1. The normalized spacial score (nSPS) is 23.2. The van der Waals surface area contributed by atoms with E-state index in [0.717, 1.165) is 5.56 Å². The molecule has 2 N–H and O–H groups in total. The van der Waals surface area contributed by atoms with E-state index in [2.05, 4.69) is 0 Å². The van der Waals surface area contributed by atoms with Crippen molar-refractivity contribution in [3.8, 4) is 5.75 Å². The Morgan fingerprint density at radius 2 is 2.00 bits per heavy atom. The molecule has 1 aliphatic rings. The van der Waals surface area contributed by atoms with Gasteiger partial charge >= 0.3 is 0 Å². The average molecular weight is 241 g/mol. The summed E-state index contributed by atoms with van der Waals surface area (Å²) in [4.78, 5) is 0. The summed E-state index contributed by atoms with van der Waals surface area (Å²) in [7, 11) is -2.87. The van der Waals surface area contributed by atoms with Gasteiger partial charge in [-0.3, -0.25) is 0 Å². The van der Waals surface area contributed by atoms with Crippen LogP contribution in [0.4, 0.5) is 0 Å². The first-order valence-corrected chi connectivity index (χ1v) is 7.07. The van der Waals surface area contributed by atoms with Crippen LogP contribution < -0.4 is 10.5 Å². The SMILES string of the molecule is NCc1ccc(OC2CCS(=O)(=O)C2)cc1. The molecule has 4 nitrogen and oxygen atoms in total. The number of benzene rings is 1. The van der Waals surface area contributed by atoms with Crippen molar-refractivity contribution < 1.29 is 13.2 Å². The van der Waals surface area contributed by atoms with E-state index < -0.39 is 9.84 Å². The molecule has 1 heterocycles. The van der Waals surface area contributed by atoms with E-state index in [0.29, 0.717) is 18.7 Å². The summed E-state index contributed by atoms with van der Waals surface area (Å²) >= 11 is 0. The van der Waals surface area contributed by atoms with Crippen LogP contribution in [0.5, 0.6) is 5.75 Å². The largest absolute Gasteiger partial charge is 0.489 e. The molecule has 1 aromatic carbocycles. The second-order valence-corrected chi connectivity index (χ2v) is 6.22. The van der Waals surface area contributed by atoms with Gasteiger partial charge in [0.1, 0.15) is 11.9 Å². The van der Waals surface area contributed by atoms with Crippen LogP contribution in [-0.4, -0.2) is 26.0 Å². The molecule has 0 radical (unpaired) electrons. The first-order valence-electron chi connectivity index (χ1n) is 5.25. The minimum absolute atomic E-state index is 0.131. The van der Waals surface area contributed by atoms with E-state index in [9.17, 15) is 8.42 Å². The summed E-state index contributed by atoms with van der Waals surface area (Å²) in [5.41, 5.74) is 6.51. The minimum Gasteiger partial charge on any atom is -0.489 e. The van der Waals surface area contributed by atoms with Crippen LogP contribution in [0.2, 0.25) is 0 Å². The fourth-order valence-electron chi connectivity index (χ4n) is 1.75. The van der Waals surface area contributed by atoms with Crippen molar-refractivity contribution in [3.63, 3.8) is 0 Å². The van der Waals surface area contributed by atoms with E-state index in [4.69, 9.17) is 10.5 Å². The quantitative estimate of drug-likeness (QED) is 0.846. The molecule has 0 bridgehead atoms. The van der Waals surface area contributed by atoms with Gasteiger partial charge in [0, 0.05) is 6.54 Å². The average Bonchev–Trinajstić information content (AvgIpc) is 2.59. The molecule has 0 aliphatic carbocycles. The Balaban J connectivity index is 1.99. The highest BCUT2D eigenvalue weighted by molar-refractivity contribution is 7.91. The van der Waals surface area contributed by atoms with Gasteiger partial charge in [0.25, 0.3) is 0 Å². The molecule has 0 aromatic heterocycles. The maximum Gasteiger partial charge on any atom is 0.154 e.